The molecule has 0 fully saturated rings. The van der Waals surface area contributed by atoms with Crippen LogP contribution in [0.3, 0.4) is 0 Å². The topological polar surface area (TPSA) is 0 Å². The molecule has 0 atom stereocenters. The zero-order chi connectivity index (χ0) is 15.2. The Kier molecular flexibility index (Phi) is 3.00. The largest absolute Gasteiger partial charge is 0.134 e. The molecule has 2 aromatic heterocycles. The normalized spacial score (nSPS) is 12.2. The Morgan fingerprint density at radius 1 is 0.565 bits per heavy atom. The molecule has 1 aliphatic rings. The first-order valence-electron chi connectivity index (χ1n) is 7.75. The molecule has 0 radical (unpaired) electrons. The van der Waals surface area contributed by atoms with E-state index in [4.69, 9.17) is 0 Å². The summed E-state index contributed by atoms with van der Waals surface area (Å²) >= 11 is 3.87. The highest BCUT2D eigenvalue weighted by Crippen LogP contribution is 2.50. The highest BCUT2D eigenvalue weighted by atomic mass is 32.1. The van der Waals surface area contributed by atoms with Crippen molar-refractivity contribution in [2.45, 2.75) is 6.42 Å². The Labute approximate surface area is 143 Å². The van der Waals surface area contributed by atoms with Crippen LogP contribution in [0, 0.1) is 0 Å². The number of thiophene rings is 2. The van der Waals surface area contributed by atoms with Gasteiger partial charge in [-0.25, -0.2) is 0 Å². The van der Waals surface area contributed by atoms with Crippen molar-refractivity contribution in [3.8, 4) is 30.6 Å². The van der Waals surface area contributed by atoms with Crippen molar-refractivity contribution in [3.05, 3.63) is 83.9 Å². The molecule has 5 rings (SSSR count). The van der Waals surface area contributed by atoms with Crippen molar-refractivity contribution < 1.29 is 0 Å². The summed E-state index contributed by atoms with van der Waals surface area (Å²) in [7, 11) is 0. The lowest BCUT2D eigenvalue weighted by molar-refractivity contribution is 1.28. The second kappa shape index (κ2) is 5.19. The Balaban J connectivity index is 1.58. The van der Waals surface area contributed by atoms with E-state index in [1.807, 2.05) is 22.7 Å². The van der Waals surface area contributed by atoms with E-state index in [9.17, 15) is 0 Å². The lowest BCUT2D eigenvalue weighted by atomic mass is 10.1. The highest BCUT2D eigenvalue weighted by molar-refractivity contribution is 7.25. The van der Waals surface area contributed by atoms with E-state index in [1.54, 1.807) is 0 Å². The number of fused-ring (bicyclic) bond motifs is 3. The van der Waals surface area contributed by atoms with Gasteiger partial charge in [0.1, 0.15) is 0 Å². The van der Waals surface area contributed by atoms with Gasteiger partial charge >= 0.3 is 0 Å². The second-order valence-electron chi connectivity index (χ2n) is 5.84. The minimum Gasteiger partial charge on any atom is -0.134 e. The first kappa shape index (κ1) is 13.3. The van der Waals surface area contributed by atoms with Crippen molar-refractivity contribution in [2.24, 2.45) is 0 Å². The summed E-state index contributed by atoms with van der Waals surface area (Å²) in [6, 6.07) is 26.2. The summed E-state index contributed by atoms with van der Waals surface area (Å²) in [4.78, 5) is 5.73. The number of hydrogen-bond acceptors (Lipinski definition) is 2. The number of benzene rings is 2. The van der Waals surface area contributed by atoms with Crippen molar-refractivity contribution in [1.29, 1.82) is 0 Å². The molecule has 0 aliphatic heterocycles. The van der Waals surface area contributed by atoms with Crippen LogP contribution in [-0.2, 0) is 6.42 Å². The van der Waals surface area contributed by atoms with Gasteiger partial charge in [0.25, 0.3) is 0 Å². The zero-order valence-corrected chi connectivity index (χ0v) is 14.1. The third-order valence-corrected chi connectivity index (χ3v) is 6.94. The van der Waals surface area contributed by atoms with E-state index in [1.165, 1.54) is 41.8 Å². The van der Waals surface area contributed by atoms with Crippen LogP contribution in [0.5, 0.6) is 0 Å². The minimum absolute atomic E-state index is 1.08. The summed E-state index contributed by atoms with van der Waals surface area (Å²) in [5.41, 5.74) is 5.64. The molecule has 23 heavy (non-hydrogen) atoms. The average Bonchev–Trinajstić information content (AvgIpc) is 3.26. The second-order valence-corrected chi connectivity index (χ2v) is 7.94. The predicted molar refractivity (Wildman–Crippen MR) is 101 cm³/mol. The maximum atomic E-state index is 2.38. The van der Waals surface area contributed by atoms with Crippen LogP contribution in [0.2, 0.25) is 0 Å². The molecule has 0 unspecified atom stereocenters. The molecule has 0 saturated heterocycles. The third-order valence-electron chi connectivity index (χ3n) is 4.32. The van der Waals surface area contributed by atoms with Gasteiger partial charge in [-0.15, -0.1) is 22.7 Å². The van der Waals surface area contributed by atoms with E-state index in [2.05, 4.69) is 72.8 Å². The SMILES string of the molecule is c1ccc(-c2cc3c(s2)-c2sc(-c4ccccc4)cc2C3)cc1. The Bertz CT molecular complexity index is 894. The summed E-state index contributed by atoms with van der Waals surface area (Å²) in [6.07, 6.45) is 1.08. The van der Waals surface area contributed by atoms with Crippen molar-refractivity contribution in [2.75, 3.05) is 0 Å². The molecule has 110 valence electrons. The lowest BCUT2D eigenvalue weighted by Gasteiger charge is -1.96. The summed E-state index contributed by atoms with van der Waals surface area (Å²) in [6.45, 7) is 0. The van der Waals surface area contributed by atoms with E-state index in [0.29, 0.717) is 0 Å². The van der Waals surface area contributed by atoms with E-state index < -0.39 is 0 Å². The van der Waals surface area contributed by atoms with Crippen LogP contribution in [0.15, 0.2) is 72.8 Å². The van der Waals surface area contributed by atoms with Gasteiger partial charge in [-0.3, -0.25) is 0 Å². The van der Waals surface area contributed by atoms with E-state index in [0.717, 1.165) is 6.42 Å². The highest BCUT2D eigenvalue weighted by Gasteiger charge is 2.25. The molecular weight excluding hydrogens is 316 g/mol. The molecule has 2 heterocycles. The smallest absolute Gasteiger partial charge is 0.0487 e. The van der Waals surface area contributed by atoms with E-state index >= 15 is 0 Å². The Hall–Kier alpha value is -2.16. The van der Waals surface area contributed by atoms with Crippen LogP contribution in [0.4, 0.5) is 0 Å². The van der Waals surface area contributed by atoms with Gasteiger partial charge in [-0.05, 0) is 34.4 Å². The maximum Gasteiger partial charge on any atom is 0.0487 e. The monoisotopic (exact) mass is 330 g/mol. The fourth-order valence-electron chi connectivity index (χ4n) is 3.20. The van der Waals surface area contributed by atoms with Crippen LogP contribution in [-0.4, -0.2) is 0 Å². The Morgan fingerprint density at radius 3 is 1.43 bits per heavy atom. The minimum atomic E-state index is 1.08. The van der Waals surface area contributed by atoms with Crippen molar-refractivity contribution in [3.63, 3.8) is 0 Å². The van der Waals surface area contributed by atoms with Gasteiger partial charge in [0.2, 0.25) is 0 Å². The quantitative estimate of drug-likeness (QED) is 0.337. The van der Waals surface area contributed by atoms with Crippen LogP contribution >= 0.6 is 22.7 Å². The lowest BCUT2D eigenvalue weighted by Crippen LogP contribution is -1.77. The molecule has 0 bridgehead atoms. The van der Waals surface area contributed by atoms with Crippen LogP contribution in [0.1, 0.15) is 11.1 Å². The summed E-state index contributed by atoms with van der Waals surface area (Å²) in [5, 5.41) is 0. The van der Waals surface area contributed by atoms with Gasteiger partial charge in [0.05, 0.1) is 0 Å². The van der Waals surface area contributed by atoms with Gasteiger partial charge < -0.3 is 0 Å². The molecule has 0 nitrogen and oxygen atoms in total. The fourth-order valence-corrected chi connectivity index (χ4v) is 5.77. The molecule has 4 aromatic rings. The van der Waals surface area contributed by atoms with Crippen LogP contribution < -0.4 is 0 Å². The number of hydrogen-bond donors (Lipinski definition) is 0. The fraction of sp³-hybridized carbons (Fsp3) is 0.0476. The molecule has 2 heteroatoms. The number of rotatable bonds is 2. The maximum absolute atomic E-state index is 2.38. The Morgan fingerprint density at radius 2 is 1.00 bits per heavy atom. The van der Waals surface area contributed by atoms with Crippen LogP contribution in [0.25, 0.3) is 30.6 Å². The third kappa shape index (κ3) is 2.18. The van der Waals surface area contributed by atoms with Crippen molar-refractivity contribution in [1.82, 2.24) is 0 Å². The standard InChI is InChI=1S/C21H14S2/c1-3-7-14(8-4-1)18-12-16-11-17-13-19(15-9-5-2-6-10-15)23-21(17)20(16)22-18/h1-10,12-13H,11H2. The first-order chi connectivity index (χ1) is 11.4. The molecule has 0 N–H and O–H groups in total. The van der Waals surface area contributed by atoms with Gasteiger partial charge in [-0.2, -0.15) is 0 Å². The summed E-state index contributed by atoms with van der Waals surface area (Å²) < 4.78 is 0. The van der Waals surface area contributed by atoms with Gasteiger partial charge in [0, 0.05) is 25.9 Å². The van der Waals surface area contributed by atoms with Gasteiger partial charge in [-0.1, -0.05) is 60.7 Å². The molecule has 0 spiro atoms. The predicted octanol–water partition coefficient (Wildman–Crippen LogP) is 6.71. The molecule has 0 saturated carbocycles. The van der Waals surface area contributed by atoms with Gasteiger partial charge in [0.15, 0.2) is 0 Å². The first-order valence-corrected chi connectivity index (χ1v) is 9.38. The van der Waals surface area contributed by atoms with E-state index in [-0.39, 0.29) is 0 Å². The molecule has 0 amide bonds. The zero-order valence-electron chi connectivity index (χ0n) is 12.5. The molecule has 2 aromatic carbocycles. The summed E-state index contributed by atoms with van der Waals surface area (Å²) in [5.74, 6) is 0. The average molecular weight is 330 g/mol. The molecule has 1 aliphatic carbocycles. The van der Waals surface area contributed by atoms with Crippen molar-refractivity contribution >= 4 is 22.7 Å². The molecular formula is C21H14S2.